The summed E-state index contributed by atoms with van der Waals surface area (Å²) in [4.78, 5) is 39.0. The summed E-state index contributed by atoms with van der Waals surface area (Å²) in [6, 6.07) is 27.1. The minimum atomic E-state index is -1.02. The van der Waals surface area contributed by atoms with E-state index in [1.165, 1.54) is 0 Å². The van der Waals surface area contributed by atoms with Gasteiger partial charge >= 0.3 is 11.9 Å². The van der Waals surface area contributed by atoms with Crippen LogP contribution in [0.2, 0.25) is 0 Å². The molecular formula is C35H43NO6. The number of nitrogens with one attached hydrogen (secondary N) is 1. The predicted molar refractivity (Wildman–Crippen MR) is 164 cm³/mol. The zero-order chi connectivity index (χ0) is 30.8. The number of ether oxygens (including phenoxy) is 3. The fraction of sp³-hybridized carbons (Fsp3) is 0.400. The summed E-state index contributed by atoms with van der Waals surface area (Å²) in [5, 5.41) is 2.87. The Morgan fingerprint density at radius 3 is 1.83 bits per heavy atom. The van der Waals surface area contributed by atoms with Crippen LogP contribution in [0.1, 0.15) is 59.9 Å². The van der Waals surface area contributed by atoms with Crippen molar-refractivity contribution in [1.29, 1.82) is 0 Å². The van der Waals surface area contributed by atoms with Crippen LogP contribution in [0.4, 0.5) is 0 Å². The minimum absolute atomic E-state index is 0.0392. The lowest BCUT2D eigenvalue weighted by atomic mass is 9.91. The van der Waals surface area contributed by atoms with Gasteiger partial charge in [-0.1, -0.05) is 72.8 Å². The Balaban J connectivity index is 1.81. The van der Waals surface area contributed by atoms with E-state index in [9.17, 15) is 14.4 Å². The van der Waals surface area contributed by atoms with E-state index in [-0.39, 0.29) is 25.3 Å². The number of hydrogen-bond donors (Lipinski definition) is 1. The van der Waals surface area contributed by atoms with E-state index in [1.807, 2.05) is 72.8 Å². The molecule has 0 aromatic heterocycles. The molecule has 3 aromatic carbocycles. The summed E-state index contributed by atoms with van der Waals surface area (Å²) < 4.78 is 17.1. The third-order valence-corrected chi connectivity index (χ3v) is 6.15. The smallest absolute Gasteiger partial charge is 0.347 e. The van der Waals surface area contributed by atoms with E-state index < -0.39 is 35.2 Å². The zero-order valence-electron chi connectivity index (χ0n) is 25.5. The molecule has 0 saturated carbocycles. The van der Waals surface area contributed by atoms with Crippen LogP contribution in [-0.4, -0.2) is 41.7 Å². The molecule has 0 unspecified atom stereocenters. The van der Waals surface area contributed by atoms with Crippen LogP contribution >= 0.6 is 0 Å². The minimum Gasteiger partial charge on any atom is -0.479 e. The number of esters is 2. The first kappa shape index (κ1) is 32.4. The number of rotatable bonds is 12. The molecule has 3 aromatic rings. The summed E-state index contributed by atoms with van der Waals surface area (Å²) in [5.41, 5.74) is 1.77. The first-order chi connectivity index (χ1) is 19.8. The zero-order valence-corrected chi connectivity index (χ0v) is 25.5. The maximum atomic E-state index is 13.5. The largest absolute Gasteiger partial charge is 0.479 e. The van der Waals surface area contributed by atoms with E-state index in [0.29, 0.717) is 12.2 Å². The van der Waals surface area contributed by atoms with Gasteiger partial charge in [0.15, 0.2) is 6.10 Å². The normalized spacial score (nSPS) is 13.0. The number of hydrogen-bond acceptors (Lipinski definition) is 6. The molecule has 1 N–H and O–H groups in total. The van der Waals surface area contributed by atoms with Crippen molar-refractivity contribution in [2.45, 2.75) is 78.1 Å². The van der Waals surface area contributed by atoms with Crippen molar-refractivity contribution in [1.82, 2.24) is 5.32 Å². The van der Waals surface area contributed by atoms with Gasteiger partial charge in [-0.25, -0.2) is 4.79 Å². The second-order valence-corrected chi connectivity index (χ2v) is 12.3. The lowest BCUT2D eigenvalue weighted by Gasteiger charge is -2.27. The summed E-state index contributed by atoms with van der Waals surface area (Å²) in [5.74, 6) is -1.35. The lowest BCUT2D eigenvalue weighted by Crippen LogP contribution is -2.41. The van der Waals surface area contributed by atoms with Gasteiger partial charge in [-0.15, -0.1) is 0 Å². The Morgan fingerprint density at radius 1 is 0.714 bits per heavy atom. The average molecular weight is 574 g/mol. The van der Waals surface area contributed by atoms with Crippen LogP contribution in [0.25, 0.3) is 11.1 Å². The highest BCUT2D eigenvalue weighted by molar-refractivity contribution is 5.82. The molecule has 0 fully saturated rings. The molecule has 0 spiro atoms. The van der Waals surface area contributed by atoms with Crippen molar-refractivity contribution in [3.8, 4) is 16.9 Å². The topological polar surface area (TPSA) is 90.9 Å². The summed E-state index contributed by atoms with van der Waals surface area (Å²) in [6.07, 6.45) is -0.526. The van der Waals surface area contributed by atoms with Gasteiger partial charge in [0.25, 0.3) is 0 Å². The quantitative estimate of drug-likeness (QED) is 0.248. The van der Waals surface area contributed by atoms with Crippen molar-refractivity contribution in [2.75, 3.05) is 6.54 Å². The van der Waals surface area contributed by atoms with Gasteiger partial charge in [0.1, 0.15) is 17.0 Å². The predicted octanol–water partition coefficient (Wildman–Crippen LogP) is 6.54. The molecule has 2 atom stereocenters. The van der Waals surface area contributed by atoms with Gasteiger partial charge in [0, 0.05) is 18.9 Å². The number of benzene rings is 3. The highest BCUT2D eigenvalue weighted by atomic mass is 16.6. The number of carbonyl (C=O) groups is 3. The van der Waals surface area contributed by atoms with Gasteiger partial charge in [-0.3, -0.25) is 9.59 Å². The molecular weight excluding hydrogens is 530 g/mol. The molecule has 0 aliphatic heterocycles. The van der Waals surface area contributed by atoms with Gasteiger partial charge in [0.2, 0.25) is 5.91 Å². The van der Waals surface area contributed by atoms with Crippen molar-refractivity contribution in [3.63, 3.8) is 0 Å². The maximum absolute atomic E-state index is 13.5. The number of amides is 1. The summed E-state index contributed by atoms with van der Waals surface area (Å²) >= 11 is 0. The molecule has 0 saturated heterocycles. The molecule has 0 bridgehead atoms. The van der Waals surface area contributed by atoms with E-state index in [4.69, 9.17) is 14.2 Å². The fourth-order valence-corrected chi connectivity index (χ4v) is 4.34. The highest BCUT2D eigenvalue weighted by Gasteiger charge is 2.33. The van der Waals surface area contributed by atoms with Crippen LogP contribution in [0, 0.1) is 5.92 Å². The van der Waals surface area contributed by atoms with Crippen molar-refractivity contribution in [3.05, 3.63) is 90.5 Å². The molecule has 1 amide bonds. The monoisotopic (exact) mass is 573 g/mol. The van der Waals surface area contributed by atoms with E-state index in [0.717, 1.165) is 16.7 Å². The molecule has 0 heterocycles. The third kappa shape index (κ3) is 11.4. The van der Waals surface area contributed by atoms with Crippen LogP contribution in [0.3, 0.4) is 0 Å². The Labute approximate surface area is 249 Å². The molecule has 0 aliphatic carbocycles. The van der Waals surface area contributed by atoms with Crippen molar-refractivity contribution < 1.29 is 28.6 Å². The van der Waals surface area contributed by atoms with Crippen LogP contribution in [0.5, 0.6) is 5.75 Å². The molecule has 3 rings (SSSR count). The highest BCUT2D eigenvalue weighted by Crippen LogP contribution is 2.24. The first-order valence-corrected chi connectivity index (χ1v) is 14.4. The van der Waals surface area contributed by atoms with Gasteiger partial charge in [0.05, 0.1) is 6.42 Å². The SMILES string of the molecule is CC(C)(C)OC(=O)CCNC(=O)[C@@H](Cc1ccc(-c2ccccc2)cc1)C[C@H](Oc1ccccc1)C(=O)OC(C)(C)C. The molecule has 7 nitrogen and oxygen atoms in total. The lowest BCUT2D eigenvalue weighted by molar-refractivity contribution is -0.164. The Morgan fingerprint density at radius 2 is 1.26 bits per heavy atom. The molecule has 42 heavy (non-hydrogen) atoms. The van der Waals surface area contributed by atoms with Crippen molar-refractivity contribution >= 4 is 17.8 Å². The van der Waals surface area contributed by atoms with Gasteiger partial charge < -0.3 is 19.5 Å². The third-order valence-electron chi connectivity index (χ3n) is 6.15. The van der Waals surface area contributed by atoms with Crippen LogP contribution < -0.4 is 10.1 Å². The Hall–Kier alpha value is -4.13. The Kier molecular flexibility index (Phi) is 11.3. The van der Waals surface area contributed by atoms with E-state index in [1.54, 1.807) is 53.7 Å². The maximum Gasteiger partial charge on any atom is 0.347 e. The molecule has 0 radical (unpaired) electrons. The summed E-state index contributed by atoms with van der Waals surface area (Å²) in [7, 11) is 0. The van der Waals surface area contributed by atoms with E-state index >= 15 is 0 Å². The molecule has 7 heteroatoms. The average Bonchev–Trinajstić information content (AvgIpc) is 2.91. The van der Waals surface area contributed by atoms with Gasteiger partial charge in [-0.05, 0) is 76.8 Å². The van der Waals surface area contributed by atoms with E-state index in [2.05, 4.69) is 5.32 Å². The van der Waals surface area contributed by atoms with Crippen molar-refractivity contribution in [2.24, 2.45) is 5.92 Å². The van der Waals surface area contributed by atoms with Crippen LogP contribution in [0.15, 0.2) is 84.9 Å². The fourth-order valence-electron chi connectivity index (χ4n) is 4.34. The van der Waals surface area contributed by atoms with Gasteiger partial charge in [-0.2, -0.15) is 0 Å². The first-order valence-electron chi connectivity index (χ1n) is 14.4. The summed E-state index contributed by atoms with van der Waals surface area (Å²) in [6.45, 7) is 10.9. The second kappa shape index (κ2) is 14.7. The number of carbonyl (C=O) groups excluding carboxylic acids is 3. The molecule has 224 valence electrons. The standard InChI is InChI=1S/C35H43NO6/c1-34(2,3)41-31(37)21-22-36-32(38)28(23-25-17-19-27(20-18-25)26-13-9-7-10-14-26)24-30(33(39)42-35(4,5)6)40-29-15-11-8-12-16-29/h7-20,28,30H,21-24H2,1-6H3,(H,36,38)/t28-,30-/m0/s1. The Bertz CT molecular complexity index is 1290. The second-order valence-electron chi connectivity index (χ2n) is 12.3. The van der Waals surface area contributed by atoms with Crippen LogP contribution in [-0.2, 0) is 30.3 Å². The molecule has 0 aliphatic rings. The number of para-hydroxylation sites is 1.